The van der Waals surface area contributed by atoms with Crippen molar-refractivity contribution >= 4 is 5.97 Å². The highest BCUT2D eigenvalue weighted by molar-refractivity contribution is 5.70. The number of rotatable bonds is 4. The number of aryl methyl sites for hydroxylation is 1. The number of aromatic nitrogens is 1. The van der Waals surface area contributed by atoms with Crippen LogP contribution in [0.2, 0.25) is 0 Å². The summed E-state index contributed by atoms with van der Waals surface area (Å²) in [6, 6.07) is 4.15. The minimum Gasteiger partial charge on any atom is -0.481 e. The van der Waals surface area contributed by atoms with Gasteiger partial charge < -0.3 is 5.11 Å². The van der Waals surface area contributed by atoms with Crippen LogP contribution in [0.4, 0.5) is 0 Å². The summed E-state index contributed by atoms with van der Waals surface area (Å²) in [6.07, 6.45) is 9.46. The van der Waals surface area contributed by atoms with Crippen LogP contribution in [0.1, 0.15) is 62.6 Å². The van der Waals surface area contributed by atoms with E-state index < -0.39 is 5.97 Å². The summed E-state index contributed by atoms with van der Waals surface area (Å²) in [6.45, 7) is 2.23. The van der Waals surface area contributed by atoms with Gasteiger partial charge in [0.15, 0.2) is 0 Å². The molecule has 1 heterocycles. The van der Waals surface area contributed by atoms with E-state index in [0.717, 1.165) is 32.1 Å². The van der Waals surface area contributed by atoms with Crippen LogP contribution in [-0.4, -0.2) is 16.1 Å². The average molecular weight is 287 g/mol. The SMILES string of the molecule is CCCC1CCC(C(=O)O)C(C2CCc3cccnc32)C1. The molecule has 3 heteroatoms. The molecule has 1 aromatic heterocycles. The van der Waals surface area contributed by atoms with Crippen molar-refractivity contribution < 1.29 is 9.90 Å². The van der Waals surface area contributed by atoms with Gasteiger partial charge >= 0.3 is 5.97 Å². The third-order valence-electron chi connectivity index (χ3n) is 5.54. The lowest BCUT2D eigenvalue weighted by atomic mass is 9.67. The first kappa shape index (κ1) is 14.6. The molecule has 0 radical (unpaired) electrons. The molecule has 0 aliphatic heterocycles. The maximum absolute atomic E-state index is 11.7. The number of carboxylic acid groups (broad SMARTS) is 1. The summed E-state index contributed by atoms with van der Waals surface area (Å²) in [4.78, 5) is 16.3. The number of pyridine rings is 1. The fourth-order valence-corrected chi connectivity index (χ4v) is 4.58. The van der Waals surface area contributed by atoms with Gasteiger partial charge in [0, 0.05) is 17.8 Å². The zero-order chi connectivity index (χ0) is 14.8. The molecule has 0 amide bonds. The summed E-state index contributed by atoms with van der Waals surface area (Å²) < 4.78 is 0. The first-order valence-electron chi connectivity index (χ1n) is 8.37. The molecule has 21 heavy (non-hydrogen) atoms. The molecule has 4 unspecified atom stereocenters. The van der Waals surface area contributed by atoms with E-state index in [2.05, 4.69) is 18.0 Å². The molecule has 3 nitrogen and oxygen atoms in total. The topological polar surface area (TPSA) is 50.2 Å². The van der Waals surface area contributed by atoms with Gasteiger partial charge in [-0.25, -0.2) is 0 Å². The van der Waals surface area contributed by atoms with E-state index in [1.165, 1.54) is 24.1 Å². The summed E-state index contributed by atoms with van der Waals surface area (Å²) in [7, 11) is 0. The molecule has 1 saturated carbocycles. The molecule has 3 rings (SSSR count). The highest BCUT2D eigenvalue weighted by Crippen LogP contribution is 2.48. The molecule has 4 atom stereocenters. The van der Waals surface area contributed by atoms with Gasteiger partial charge in [0.1, 0.15) is 0 Å². The molecule has 1 aromatic rings. The maximum Gasteiger partial charge on any atom is 0.306 e. The Hall–Kier alpha value is -1.38. The lowest BCUT2D eigenvalue weighted by Crippen LogP contribution is -2.34. The smallest absolute Gasteiger partial charge is 0.306 e. The summed E-state index contributed by atoms with van der Waals surface area (Å²) in [5.74, 6) is 0.588. The van der Waals surface area contributed by atoms with Crippen molar-refractivity contribution in [2.45, 2.75) is 57.8 Å². The van der Waals surface area contributed by atoms with Gasteiger partial charge in [-0.3, -0.25) is 9.78 Å². The summed E-state index contributed by atoms with van der Waals surface area (Å²) >= 11 is 0. The third-order valence-corrected chi connectivity index (χ3v) is 5.54. The number of nitrogens with zero attached hydrogens (tertiary/aromatic N) is 1. The van der Waals surface area contributed by atoms with E-state index in [4.69, 9.17) is 0 Å². The molecule has 1 N–H and O–H groups in total. The van der Waals surface area contributed by atoms with Gasteiger partial charge in [-0.05, 0) is 55.6 Å². The van der Waals surface area contributed by atoms with E-state index >= 15 is 0 Å². The van der Waals surface area contributed by atoms with Crippen molar-refractivity contribution in [3.05, 3.63) is 29.6 Å². The third kappa shape index (κ3) is 2.83. The lowest BCUT2D eigenvalue weighted by molar-refractivity contribution is -0.146. The van der Waals surface area contributed by atoms with Gasteiger partial charge in [0.05, 0.1) is 5.92 Å². The fourth-order valence-electron chi connectivity index (χ4n) is 4.58. The largest absolute Gasteiger partial charge is 0.481 e. The normalized spacial score (nSPS) is 31.9. The van der Waals surface area contributed by atoms with Crippen molar-refractivity contribution in [2.24, 2.45) is 17.8 Å². The fraction of sp³-hybridized carbons (Fsp3) is 0.667. The summed E-state index contributed by atoms with van der Waals surface area (Å²) in [5.41, 5.74) is 2.52. The Balaban J connectivity index is 1.84. The van der Waals surface area contributed by atoms with Crippen LogP contribution in [0.3, 0.4) is 0 Å². The Morgan fingerprint density at radius 3 is 3.00 bits per heavy atom. The Morgan fingerprint density at radius 2 is 2.24 bits per heavy atom. The number of hydrogen-bond donors (Lipinski definition) is 1. The van der Waals surface area contributed by atoms with Crippen LogP contribution in [0.5, 0.6) is 0 Å². The van der Waals surface area contributed by atoms with E-state index in [1.54, 1.807) is 0 Å². The second-order valence-electron chi connectivity index (χ2n) is 6.77. The molecule has 2 aliphatic carbocycles. The lowest BCUT2D eigenvalue weighted by Gasteiger charge is -2.37. The van der Waals surface area contributed by atoms with E-state index in [0.29, 0.717) is 11.8 Å². The van der Waals surface area contributed by atoms with Crippen molar-refractivity contribution in [2.75, 3.05) is 0 Å². The monoisotopic (exact) mass is 287 g/mol. The van der Waals surface area contributed by atoms with Gasteiger partial charge in [-0.2, -0.15) is 0 Å². The summed E-state index contributed by atoms with van der Waals surface area (Å²) in [5, 5.41) is 9.61. The Labute approximate surface area is 126 Å². The molecule has 0 bridgehead atoms. The van der Waals surface area contributed by atoms with Gasteiger partial charge in [-0.1, -0.05) is 25.8 Å². The average Bonchev–Trinajstić information content (AvgIpc) is 2.91. The first-order valence-corrected chi connectivity index (χ1v) is 8.37. The maximum atomic E-state index is 11.7. The Bertz CT molecular complexity index is 514. The predicted octanol–water partition coefficient (Wildman–Crippen LogP) is 4.03. The molecule has 2 aliphatic rings. The predicted molar refractivity (Wildman–Crippen MR) is 82.2 cm³/mol. The van der Waals surface area contributed by atoms with Crippen molar-refractivity contribution in [1.82, 2.24) is 4.98 Å². The number of aliphatic carboxylic acids is 1. The number of hydrogen-bond acceptors (Lipinski definition) is 2. The van der Waals surface area contributed by atoms with E-state index in [1.807, 2.05) is 12.3 Å². The second kappa shape index (κ2) is 6.17. The number of fused-ring (bicyclic) bond motifs is 1. The van der Waals surface area contributed by atoms with Crippen LogP contribution in [0.15, 0.2) is 18.3 Å². The number of carboxylic acids is 1. The minimum absolute atomic E-state index is 0.170. The van der Waals surface area contributed by atoms with Gasteiger partial charge in [-0.15, -0.1) is 0 Å². The van der Waals surface area contributed by atoms with Gasteiger partial charge in [0.2, 0.25) is 0 Å². The van der Waals surface area contributed by atoms with Gasteiger partial charge in [0.25, 0.3) is 0 Å². The molecule has 0 saturated heterocycles. The van der Waals surface area contributed by atoms with Crippen LogP contribution in [-0.2, 0) is 11.2 Å². The van der Waals surface area contributed by atoms with Crippen LogP contribution in [0, 0.1) is 17.8 Å². The molecule has 0 aromatic carbocycles. The first-order chi connectivity index (χ1) is 10.2. The highest BCUT2D eigenvalue weighted by Gasteiger charge is 2.42. The second-order valence-corrected chi connectivity index (χ2v) is 6.77. The van der Waals surface area contributed by atoms with Crippen molar-refractivity contribution in [1.29, 1.82) is 0 Å². The standard InChI is InChI=1S/C18H25NO2/c1-2-4-12-6-8-15(18(20)21)16(11-12)14-9-7-13-5-3-10-19-17(13)14/h3,5,10,12,14-16H,2,4,6-9,11H2,1H3,(H,20,21). The zero-order valence-electron chi connectivity index (χ0n) is 12.8. The molecule has 114 valence electrons. The van der Waals surface area contributed by atoms with Crippen LogP contribution < -0.4 is 0 Å². The van der Waals surface area contributed by atoms with Crippen LogP contribution >= 0.6 is 0 Å². The van der Waals surface area contributed by atoms with Crippen molar-refractivity contribution in [3.8, 4) is 0 Å². The van der Waals surface area contributed by atoms with Crippen molar-refractivity contribution in [3.63, 3.8) is 0 Å². The Kier molecular flexibility index (Phi) is 4.27. The molecular weight excluding hydrogens is 262 g/mol. The Morgan fingerprint density at radius 1 is 1.38 bits per heavy atom. The molecule has 1 fully saturated rings. The molecular formula is C18H25NO2. The minimum atomic E-state index is -0.598. The van der Waals surface area contributed by atoms with E-state index in [-0.39, 0.29) is 11.8 Å². The number of carbonyl (C=O) groups is 1. The zero-order valence-corrected chi connectivity index (χ0v) is 12.8. The van der Waals surface area contributed by atoms with Crippen LogP contribution in [0.25, 0.3) is 0 Å². The highest BCUT2D eigenvalue weighted by atomic mass is 16.4. The van der Waals surface area contributed by atoms with E-state index in [9.17, 15) is 9.90 Å². The quantitative estimate of drug-likeness (QED) is 0.909. The molecule has 0 spiro atoms.